The van der Waals surface area contributed by atoms with Gasteiger partial charge in [0.05, 0.1) is 0 Å². The van der Waals surface area contributed by atoms with Gasteiger partial charge in [-0.3, -0.25) is 9.59 Å². The van der Waals surface area contributed by atoms with Crippen LogP contribution in [0.25, 0.3) is 0 Å². The second-order valence-electron chi connectivity index (χ2n) is 5.58. The molecule has 1 atom stereocenters. The number of likely N-dealkylation sites (tertiary alicyclic amines) is 1. The average molecular weight is 291 g/mol. The summed E-state index contributed by atoms with van der Waals surface area (Å²) in [7, 11) is 0. The van der Waals surface area contributed by atoms with Crippen LogP contribution in [0, 0.1) is 19.8 Å². The van der Waals surface area contributed by atoms with Crippen molar-refractivity contribution in [3.63, 3.8) is 0 Å². The fraction of sp³-hybridized carbons (Fsp3) is 0.500. The predicted molar refractivity (Wildman–Crippen MR) is 82.6 cm³/mol. The van der Waals surface area contributed by atoms with Crippen LogP contribution in [0.15, 0.2) is 18.2 Å². The highest BCUT2D eigenvalue weighted by Gasteiger charge is 2.29. The summed E-state index contributed by atoms with van der Waals surface area (Å²) in [6, 6.07) is 6.35. The van der Waals surface area contributed by atoms with Gasteiger partial charge in [0.25, 0.3) is 0 Å². The maximum absolute atomic E-state index is 12.0. The lowest BCUT2D eigenvalue weighted by Gasteiger charge is -2.18. The quantitative estimate of drug-likeness (QED) is 0.856. The summed E-state index contributed by atoms with van der Waals surface area (Å²) >= 11 is 1.33. The van der Waals surface area contributed by atoms with Gasteiger partial charge in [0.2, 0.25) is 5.91 Å². The van der Waals surface area contributed by atoms with Crippen molar-refractivity contribution in [3.05, 3.63) is 34.9 Å². The Hall–Kier alpha value is -1.29. The van der Waals surface area contributed by atoms with Gasteiger partial charge in [-0.1, -0.05) is 35.5 Å². The predicted octanol–water partition coefficient (Wildman–Crippen LogP) is 2.93. The van der Waals surface area contributed by atoms with E-state index in [1.807, 2.05) is 4.90 Å². The third kappa shape index (κ3) is 3.85. The van der Waals surface area contributed by atoms with Gasteiger partial charge in [-0.25, -0.2) is 0 Å². The summed E-state index contributed by atoms with van der Waals surface area (Å²) < 4.78 is 0. The van der Waals surface area contributed by atoms with E-state index in [-0.39, 0.29) is 11.0 Å². The fourth-order valence-corrected chi connectivity index (χ4v) is 3.28. The van der Waals surface area contributed by atoms with Gasteiger partial charge < -0.3 is 4.90 Å². The smallest absolute Gasteiger partial charge is 0.223 e. The van der Waals surface area contributed by atoms with Gasteiger partial charge in [-0.15, -0.1) is 0 Å². The second-order valence-corrected chi connectivity index (χ2v) is 6.77. The fourth-order valence-electron chi connectivity index (χ4n) is 2.58. The molecule has 1 heterocycles. The highest BCUT2D eigenvalue weighted by molar-refractivity contribution is 8.13. The van der Waals surface area contributed by atoms with Crippen molar-refractivity contribution in [2.24, 2.45) is 5.92 Å². The zero-order chi connectivity index (χ0) is 14.7. The molecule has 1 unspecified atom stereocenters. The molecule has 0 aromatic heterocycles. The molecule has 20 heavy (non-hydrogen) atoms. The molecule has 4 heteroatoms. The van der Waals surface area contributed by atoms with Gasteiger partial charge in [0.15, 0.2) is 5.12 Å². The van der Waals surface area contributed by atoms with Crippen molar-refractivity contribution < 1.29 is 9.59 Å². The Morgan fingerprint density at radius 1 is 1.40 bits per heavy atom. The van der Waals surface area contributed by atoms with E-state index >= 15 is 0 Å². The summed E-state index contributed by atoms with van der Waals surface area (Å²) in [5, 5.41) is 0.130. The number of aryl methyl sites for hydroxylation is 2. The molecular formula is C16H21NO2S. The van der Waals surface area contributed by atoms with Crippen molar-refractivity contribution in [2.45, 2.75) is 33.7 Å². The van der Waals surface area contributed by atoms with Crippen molar-refractivity contribution in [1.29, 1.82) is 0 Å². The minimum absolute atomic E-state index is 0.130. The average Bonchev–Trinajstić information content (AvgIpc) is 2.71. The Kier molecular flexibility index (Phi) is 4.86. The van der Waals surface area contributed by atoms with E-state index in [9.17, 15) is 9.59 Å². The molecule has 2 rings (SSSR count). The third-order valence-corrected chi connectivity index (χ3v) is 4.72. The first-order chi connectivity index (χ1) is 9.45. The molecule has 0 bridgehead atoms. The maximum atomic E-state index is 12.0. The van der Waals surface area contributed by atoms with Gasteiger partial charge in [-0.2, -0.15) is 0 Å². The number of rotatable bonds is 4. The monoisotopic (exact) mass is 291 g/mol. The number of hydrogen-bond acceptors (Lipinski definition) is 3. The molecule has 108 valence electrons. The number of hydrogen-bond donors (Lipinski definition) is 0. The van der Waals surface area contributed by atoms with Crippen LogP contribution in [0.4, 0.5) is 0 Å². The molecule has 0 N–H and O–H groups in total. The molecule has 1 saturated heterocycles. The second kappa shape index (κ2) is 6.44. The van der Waals surface area contributed by atoms with E-state index in [4.69, 9.17) is 0 Å². The van der Waals surface area contributed by atoms with Crippen molar-refractivity contribution in [2.75, 3.05) is 12.3 Å². The van der Waals surface area contributed by atoms with Gasteiger partial charge >= 0.3 is 0 Å². The summed E-state index contributed by atoms with van der Waals surface area (Å²) in [5.74, 6) is 1.27. The Balaban J connectivity index is 1.96. The molecule has 1 amide bonds. The normalized spacial score (nSPS) is 18.6. The molecule has 1 fully saturated rings. The van der Waals surface area contributed by atoms with E-state index in [1.165, 1.54) is 28.5 Å². The number of carbonyl (C=O) groups is 2. The van der Waals surface area contributed by atoms with E-state index < -0.39 is 0 Å². The first-order valence-corrected chi connectivity index (χ1v) is 7.91. The third-order valence-electron chi connectivity index (χ3n) is 3.68. The van der Waals surface area contributed by atoms with Crippen LogP contribution in [0.2, 0.25) is 0 Å². The Labute approximate surface area is 124 Å². The first-order valence-electron chi connectivity index (χ1n) is 6.93. The maximum Gasteiger partial charge on any atom is 0.223 e. The SMILES string of the molecule is CC(=O)SCC1CC(=O)N(Cc2ccc(C)cc2C)C1. The van der Waals surface area contributed by atoms with Crippen molar-refractivity contribution in [3.8, 4) is 0 Å². The van der Waals surface area contributed by atoms with Crippen LogP contribution in [0.1, 0.15) is 30.0 Å². The first kappa shape index (κ1) is 15.1. The molecule has 0 aliphatic carbocycles. The molecule has 3 nitrogen and oxygen atoms in total. The Morgan fingerprint density at radius 2 is 2.15 bits per heavy atom. The van der Waals surface area contributed by atoms with Crippen LogP contribution in [-0.4, -0.2) is 28.2 Å². The number of benzene rings is 1. The lowest BCUT2D eigenvalue weighted by molar-refractivity contribution is -0.128. The summed E-state index contributed by atoms with van der Waals surface area (Å²) in [4.78, 5) is 25.0. The Morgan fingerprint density at radius 3 is 2.80 bits per heavy atom. The molecular weight excluding hydrogens is 270 g/mol. The van der Waals surface area contributed by atoms with Crippen LogP contribution in [0.3, 0.4) is 0 Å². The number of nitrogens with zero attached hydrogens (tertiary/aromatic N) is 1. The molecule has 1 aromatic carbocycles. The van der Waals surface area contributed by atoms with Crippen molar-refractivity contribution >= 4 is 22.8 Å². The summed E-state index contributed by atoms with van der Waals surface area (Å²) in [6.45, 7) is 7.20. The lowest BCUT2D eigenvalue weighted by atomic mass is 10.1. The largest absolute Gasteiger partial charge is 0.338 e. The van der Waals surface area contributed by atoms with Crippen molar-refractivity contribution in [1.82, 2.24) is 4.90 Å². The minimum Gasteiger partial charge on any atom is -0.338 e. The summed E-state index contributed by atoms with van der Waals surface area (Å²) in [5.41, 5.74) is 3.69. The Bertz CT molecular complexity index is 527. The van der Waals surface area contributed by atoms with Crippen LogP contribution in [0.5, 0.6) is 0 Å². The van der Waals surface area contributed by atoms with Crippen LogP contribution >= 0.6 is 11.8 Å². The minimum atomic E-state index is 0.130. The lowest BCUT2D eigenvalue weighted by Crippen LogP contribution is -2.25. The van der Waals surface area contributed by atoms with Crippen LogP contribution < -0.4 is 0 Å². The zero-order valence-electron chi connectivity index (χ0n) is 12.3. The summed E-state index contributed by atoms with van der Waals surface area (Å²) in [6.07, 6.45) is 0.575. The number of thioether (sulfide) groups is 1. The molecule has 1 aliphatic heterocycles. The topological polar surface area (TPSA) is 37.4 Å². The van der Waals surface area contributed by atoms with E-state index in [1.54, 1.807) is 6.92 Å². The molecule has 1 aliphatic rings. The number of carbonyl (C=O) groups excluding carboxylic acids is 2. The zero-order valence-corrected chi connectivity index (χ0v) is 13.1. The van der Waals surface area contributed by atoms with E-state index in [0.717, 1.165) is 12.3 Å². The van der Waals surface area contributed by atoms with Gasteiger partial charge in [0.1, 0.15) is 0 Å². The van der Waals surface area contributed by atoms with E-state index in [2.05, 4.69) is 32.0 Å². The highest BCUT2D eigenvalue weighted by atomic mass is 32.2. The highest BCUT2D eigenvalue weighted by Crippen LogP contribution is 2.24. The van der Waals surface area contributed by atoms with E-state index in [0.29, 0.717) is 18.9 Å². The standard InChI is InChI=1S/C16H21NO2S/c1-11-4-5-15(12(2)6-11)9-17-8-14(7-16(17)19)10-20-13(3)18/h4-6,14H,7-10H2,1-3H3. The molecule has 1 aromatic rings. The number of amides is 1. The van der Waals surface area contributed by atoms with Gasteiger partial charge in [-0.05, 0) is 30.9 Å². The molecule has 0 radical (unpaired) electrons. The molecule has 0 spiro atoms. The van der Waals surface area contributed by atoms with Gasteiger partial charge in [0, 0.05) is 32.2 Å². The molecule has 0 saturated carbocycles. The van der Waals surface area contributed by atoms with Crippen LogP contribution in [-0.2, 0) is 16.1 Å².